The average molecular weight is 139 g/mol. The summed E-state index contributed by atoms with van der Waals surface area (Å²) in [6.45, 7) is 1.97. The summed E-state index contributed by atoms with van der Waals surface area (Å²) in [4.78, 5) is 9.83. The Hall–Kier alpha value is -1.12. The summed E-state index contributed by atoms with van der Waals surface area (Å²) >= 11 is 0. The lowest BCUT2D eigenvalue weighted by Gasteiger charge is -2.04. The number of hydrogen-bond acceptors (Lipinski definition) is 2. The van der Waals surface area contributed by atoms with Crippen molar-refractivity contribution in [1.29, 1.82) is 0 Å². The molecule has 54 valence electrons. The molecule has 0 bridgehead atoms. The quantitative estimate of drug-likeness (QED) is 0.410. The molecule has 10 heavy (non-hydrogen) atoms. The minimum Gasteiger partial charge on any atom is -0.258 e. The Morgan fingerprint density at radius 3 is 2.90 bits per heavy atom. The predicted molar refractivity (Wildman–Crippen MR) is 38.0 cm³/mol. The van der Waals surface area contributed by atoms with Gasteiger partial charge in [0.1, 0.15) is 0 Å². The van der Waals surface area contributed by atoms with Crippen LogP contribution in [-0.4, -0.2) is 4.92 Å². The molecule has 1 atom stereocenters. The van der Waals surface area contributed by atoms with Crippen molar-refractivity contribution in [2.24, 2.45) is 5.92 Å². The first-order valence-corrected chi connectivity index (χ1v) is 3.23. The Bertz CT molecular complexity index is 206. The molecule has 3 heteroatoms. The molecule has 1 unspecified atom stereocenters. The van der Waals surface area contributed by atoms with Crippen LogP contribution in [0.3, 0.4) is 0 Å². The lowest BCUT2D eigenvalue weighted by Crippen LogP contribution is -2.02. The van der Waals surface area contributed by atoms with Crippen molar-refractivity contribution in [2.45, 2.75) is 13.3 Å². The Labute approximate surface area is 59.2 Å². The van der Waals surface area contributed by atoms with E-state index in [1.165, 1.54) is 0 Å². The Morgan fingerprint density at radius 2 is 2.50 bits per heavy atom. The molecule has 1 aliphatic carbocycles. The highest BCUT2D eigenvalue weighted by Gasteiger charge is 2.11. The van der Waals surface area contributed by atoms with E-state index in [1.54, 1.807) is 12.2 Å². The van der Waals surface area contributed by atoms with Gasteiger partial charge in [0.25, 0.3) is 5.70 Å². The van der Waals surface area contributed by atoms with Gasteiger partial charge in [0, 0.05) is 6.08 Å². The molecule has 0 spiro atoms. The lowest BCUT2D eigenvalue weighted by molar-refractivity contribution is -0.419. The molecule has 0 aromatic rings. The minimum absolute atomic E-state index is 0.221. The number of hydrogen-bond donors (Lipinski definition) is 0. The van der Waals surface area contributed by atoms with Crippen molar-refractivity contribution in [3.63, 3.8) is 0 Å². The van der Waals surface area contributed by atoms with Crippen molar-refractivity contribution < 1.29 is 4.92 Å². The number of allylic oxidation sites excluding steroid dienone is 3. The molecular formula is C7H9NO2. The first-order valence-electron chi connectivity index (χ1n) is 3.23. The lowest BCUT2D eigenvalue weighted by atomic mass is 10.0. The van der Waals surface area contributed by atoms with Crippen LogP contribution in [0.15, 0.2) is 23.9 Å². The van der Waals surface area contributed by atoms with Gasteiger partial charge in [-0.15, -0.1) is 0 Å². The zero-order valence-electron chi connectivity index (χ0n) is 5.78. The summed E-state index contributed by atoms with van der Waals surface area (Å²) in [6, 6.07) is 0. The maximum absolute atomic E-state index is 10.2. The van der Waals surface area contributed by atoms with Gasteiger partial charge in [-0.2, -0.15) is 0 Å². The Morgan fingerprint density at radius 1 is 1.80 bits per heavy atom. The third kappa shape index (κ3) is 1.43. The van der Waals surface area contributed by atoms with Crippen molar-refractivity contribution in [2.75, 3.05) is 0 Å². The van der Waals surface area contributed by atoms with Crippen LogP contribution in [0.25, 0.3) is 0 Å². The first kappa shape index (κ1) is 6.99. The largest absolute Gasteiger partial charge is 0.265 e. The van der Waals surface area contributed by atoms with Gasteiger partial charge in [-0.25, -0.2) is 0 Å². The Balaban J connectivity index is 2.76. The van der Waals surface area contributed by atoms with E-state index < -0.39 is 0 Å². The molecular weight excluding hydrogens is 130 g/mol. The molecule has 0 saturated heterocycles. The average Bonchev–Trinajstić information content (AvgIpc) is 1.88. The SMILES string of the molecule is CC1C=C([N+](=O)[O-])C=CC1. The summed E-state index contributed by atoms with van der Waals surface area (Å²) in [5.41, 5.74) is 0.221. The molecule has 0 aromatic carbocycles. The summed E-state index contributed by atoms with van der Waals surface area (Å²) in [5, 5.41) is 10.2. The van der Waals surface area contributed by atoms with Crippen molar-refractivity contribution in [1.82, 2.24) is 0 Å². The maximum Gasteiger partial charge on any atom is 0.265 e. The van der Waals surface area contributed by atoms with Crippen LogP contribution in [0, 0.1) is 16.0 Å². The molecule has 0 radical (unpaired) electrons. The molecule has 0 fully saturated rings. The zero-order valence-corrected chi connectivity index (χ0v) is 5.78. The van der Waals surface area contributed by atoms with Gasteiger partial charge >= 0.3 is 0 Å². The van der Waals surface area contributed by atoms with Crippen molar-refractivity contribution in [3.8, 4) is 0 Å². The molecule has 3 nitrogen and oxygen atoms in total. The van der Waals surface area contributed by atoms with Crippen LogP contribution < -0.4 is 0 Å². The van der Waals surface area contributed by atoms with Crippen LogP contribution in [0.4, 0.5) is 0 Å². The van der Waals surface area contributed by atoms with Gasteiger partial charge in [0.2, 0.25) is 0 Å². The summed E-state index contributed by atoms with van der Waals surface area (Å²) in [7, 11) is 0. The smallest absolute Gasteiger partial charge is 0.258 e. The maximum atomic E-state index is 10.2. The van der Waals surface area contributed by atoms with Gasteiger partial charge in [-0.1, -0.05) is 13.0 Å². The van der Waals surface area contributed by atoms with Crippen LogP contribution in [0.5, 0.6) is 0 Å². The first-order chi connectivity index (χ1) is 4.70. The van der Waals surface area contributed by atoms with Gasteiger partial charge in [0.15, 0.2) is 0 Å². The predicted octanol–water partition coefficient (Wildman–Crippen LogP) is 1.74. The number of nitrogens with zero attached hydrogens (tertiary/aromatic N) is 1. The molecule has 0 saturated carbocycles. The fourth-order valence-electron chi connectivity index (χ4n) is 0.940. The van der Waals surface area contributed by atoms with E-state index in [2.05, 4.69) is 0 Å². The highest BCUT2D eigenvalue weighted by molar-refractivity contribution is 5.16. The van der Waals surface area contributed by atoms with Gasteiger partial charge in [0.05, 0.1) is 4.92 Å². The topological polar surface area (TPSA) is 43.1 Å². The highest BCUT2D eigenvalue weighted by Crippen LogP contribution is 2.15. The van der Waals surface area contributed by atoms with E-state index in [4.69, 9.17) is 0 Å². The van der Waals surface area contributed by atoms with Gasteiger partial charge in [-0.05, 0) is 18.4 Å². The fraction of sp³-hybridized carbons (Fsp3) is 0.429. The number of nitro groups is 1. The zero-order chi connectivity index (χ0) is 7.56. The van der Waals surface area contributed by atoms with Crippen LogP contribution >= 0.6 is 0 Å². The highest BCUT2D eigenvalue weighted by atomic mass is 16.6. The van der Waals surface area contributed by atoms with Crippen LogP contribution in [-0.2, 0) is 0 Å². The van der Waals surface area contributed by atoms with Crippen LogP contribution in [0.2, 0.25) is 0 Å². The normalized spacial score (nSPS) is 24.1. The molecule has 0 aromatic heterocycles. The minimum atomic E-state index is -0.355. The van der Waals surface area contributed by atoms with Crippen LogP contribution in [0.1, 0.15) is 13.3 Å². The van der Waals surface area contributed by atoms with E-state index in [0.717, 1.165) is 6.42 Å². The molecule has 0 N–H and O–H groups in total. The molecule has 0 amide bonds. The fourth-order valence-corrected chi connectivity index (χ4v) is 0.940. The van der Waals surface area contributed by atoms with Gasteiger partial charge < -0.3 is 0 Å². The van der Waals surface area contributed by atoms with Crippen molar-refractivity contribution >= 4 is 0 Å². The molecule has 0 aliphatic heterocycles. The molecule has 1 rings (SSSR count). The third-order valence-electron chi connectivity index (χ3n) is 1.46. The summed E-state index contributed by atoms with van der Waals surface area (Å²) in [5.74, 6) is 0.311. The second kappa shape index (κ2) is 2.64. The van der Waals surface area contributed by atoms with E-state index in [1.807, 2.05) is 13.0 Å². The van der Waals surface area contributed by atoms with Crippen molar-refractivity contribution in [3.05, 3.63) is 34.0 Å². The standard InChI is InChI=1S/C7H9NO2/c1-6-3-2-4-7(5-6)8(9)10/h2,4-6H,3H2,1H3. The number of rotatable bonds is 1. The second-order valence-electron chi connectivity index (χ2n) is 2.46. The van der Waals surface area contributed by atoms with E-state index in [9.17, 15) is 10.1 Å². The van der Waals surface area contributed by atoms with E-state index in [-0.39, 0.29) is 10.6 Å². The van der Waals surface area contributed by atoms with E-state index in [0.29, 0.717) is 5.92 Å². The summed E-state index contributed by atoms with van der Waals surface area (Å²) < 4.78 is 0. The second-order valence-corrected chi connectivity index (χ2v) is 2.46. The molecule has 0 heterocycles. The van der Waals surface area contributed by atoms with Gasteiger partial charge in [-0.3, -0.25) is 10.1 Å². The summed E-state index contributed by atoms with van der Waals surface area (Å²) in [6.07, 6.45) is 5.99. The molecule has 1 aliphatic rings. The van der Waals surface area contributed by atoms with E-state index >= 15 is 0 Å². The third-order valence-corrected chi connectivity index (χ3v) is 1.46. The monoisotopic (exact) mass is 139 g/mol. The Kier molecular flexibility index (Phi) is 1.85.